The van der Waals surface area contributed by atoms with Crippen LogP contribution in [0.25, 0.3) is 0 Å². The molecule has 1 aromatic heterocycles. The van der Waals surface area contributed by atoms with Crippen LogP contribution in [0, 0.1) is 0 Å². The molecule has 0 unspecified atom stereocenters. The van der Waals surface area contributed by atoms with Crippen molar-refractivity contribution in [3.05, 3.63) is 28.0 Å². The fraction of sp³-hybridized carbons (Fsp3) is 0.500. The number of aromatic nitrogens is 1. The molecule has 1 heterocycles. The van der Waals surface area contributed by atoms with E-state index in [0.717, 1.165) is 31.4 Å². The molecule has 0 radical (unpaired) electrons. The SMILES string of the molecule is NC1(c2ncc(Cl)cc2Cl)CCCC1. The van der Waals surface area contributed by atoms with Gasteiger partial charge < -0.3 is 5.73 Å². The Morgan fingerprint density at radius 3 is 2.50 bits per heavy atom. The number of halogens is 2. The quantitative estimate of drug-likeness (QED) is 0.806. The van der Waals surface area contributed by atoms with Gasteiger partial charge in [0.25, 0.3) is 0 Å². The summed E-state index contributed by atoms with van der Waals surface area (Å²) in [6.45, 7) is 0. The number of rotatable bonds is 1. The molecule has 1 fully saturated rings. The fourth-order valence-corrected chi connectivity index (χ4v) is 2.59. The van der Waals surface area contributed by atoms with Gasteiger partial charge in [-0.3, -0.25) is 4.98 Å². The summed E-state index contributed by atoms with van der Waals surface area (Å²) < 4.78 is 0. The van der Waals surface area contributed by atoms with Gasteiger partial charge in [0.2, 0.25) is 0 Å². The lowest BCUT2D eigenvalue weighted by Gasteiger charge is -2.23. The second-order valence-electron chi connectivity index (χ2n) is 3.85. The Bertz CT molecular complexity index is 346. The summed E-state index contributed by atoms with van der Waals surface area (Å²) in [6.07, 6.45) is 5.83. The Hall–Kier alpha value is -0.310. The molecular formula is C10H12Cl2N2. The van der Waals surface area contributed by atoms with E-state index in [-0.39, 0.29) is 5.54 Å². The second kappa shape index (κ2) is 3.69. The van der Waals surface area contributed by atoms with Crippen LogP contribution in [0.1, 0.15) is 31.4 Å². The van der Waals surface area contributed by atoms with Gasteiger partial charge in [0, 0.05) is 6.20 Å². The molecule has 2 N–H and O–H groups in total. The highest BCUT2D eigenvalue weighted by Crippen LogP contribution is 2.38. The van der Waals surface area contributed by atoms with Crippen molar-refractivity contribution in [2.24, 2.45) is 5.73 Å². The molecule has 1 aliphatic rings. The lowest BCUT2D eigenvalue weighted by Crippen LogP contribution is -2.34. The van der Waals surface area contributed by atoms with E-state index in [0.29, 0.717) is 10.0 Å². The van der Waals surface area contributed by atoms with Gasteiger partial charge in [-0.05, 0) is 18.9 Å². The van der Waals surface area contributed by atoms with Crippen molar-refractivity contribution in [1.29, 1.82) is 0 Å². The number of hydrogen-bond acceptors (Lipinski definition) is 2. The minimum absolute atomic E-state index is 0.332. The van der Waals surface area contributed by atoms with Crippen LogP contribution in [0.2, 0.25) is 10.0 Å². The van der Waals surface area contributed by atoms with Crippen molar-refractivity contribution in [3.8, 4) is 0 Å². The maximum atomic E-state index is 6.24. The maximum absolute atomic E-state index is 6.24. The van der Waals surface area contributed by atoms with Crippen molar-refractivity contribution in [1.82, 2.24) is 4.98 Å². The highest BCUT2D eigenvalue weighted by atomic mass is 35.5. The Morgan fingerprint density at radius 1 is 1.29 bits per heavy atom. The summed E-state index contributed by atoms with van der Waals surface area (Å²) in [7, 11) is 0. The molecule has 0 spiro atoms. The molecule has 0 aliphatic heterocycles. The van der Waals surface area contributed by atoms with Crippen LogP contribution in [0.3, 0.4) is 0 Å². The predicted octanol–water partition coefficient (Wildman–Crippen LogP) is 3.12. The van der Waals surface area contributed by atoms with Gasteiger partial charge in [-0.15, -0.1) is 0 Å². The zero-order chi connectivity index (χ0) is 10.2. The molecule has 1 aromatic rings. The van der Waals surface area contributed by atoms with E-state index in [1.165, 1.54) is 0 Å². The molecule has 4 heteroatoms. The average Bonchev–Trinajstić information content (AvgIpc) is 2.52. The minimum atomic E-state index is -0.332. The van der Waals surface area contributed by atoms with Crippen LogP contribution in [0.5, 0.6) is 0 Å². The van der Waals surface area contributed by atoms with Crippen molar-refractivity contribution < 1.29 is 0 Å². The van der Waals surface area contributed by atoms with Gasteiger partial charge in [-0.1, -0.05) is 36.0 Å². The van der Waals surface area contributed by atoms with E-state index in [1.54, 1.807) is 12.3 Å². The first kappa shape index (κ1) is 10.2. The maximum Gasteiger partial charge on any atom is 0.0789 e. The topological polar surface area (TPSA) is 38.9 Å². The molecule has 2 rings (SSSR count). The first-order valence-electron chi connectivity index (χ1n) is 4.72. The third-order valence-electron chi connectivity index (χ3n) is 2.78. The predicted molar refractivity (Wildman–Crippen MR) is 58.6 cm³/mol. The third kappa shape index (κ3) is 1.74. The van der Waals surface area contributed by atoms with Gasteiger partial charge >= 0.3 is 0 Å². The van der Waals surface area contributed by atoms with Gasteiger partial charge in [0.05, 0.1) is 21.3 Å². The molecule has 0 saturated heterocycles. The van der Waals surface area contributed by atoms with Crippen molar-refractivity contribution in [2.75, 3.05) is 0 Å². The van der Waals surface area contributed by atoms with Crippen LogP contribution < -0.4 is 5.73 Å². The van der Waals surface area contributed by atoms with Gasteiger partial charge in [0.15, 0.2) is 0 Å². The summed E-state index contributed by atoms with van der Waals surface area (Å²) >= 11 is 11.9. The van der Waals surface area contributed by atoms with E-state index < -0.39 is 0 Å². The minimum Gasteiger partial charge on any atom is -0.320 e. The first-order valence-corrected chi connectivity index (χ1v) is 5.48. The summed E-state index contributed by atoms with van der Waals surface area (Å²) in [5.74, 6) is 0. The summed E-state index contributed by atoms with van der Waals surface area (Å²) in [5.41, 5.74) is 6.70. The van der Waals surface area contributed by atoms with E-state index in [4.69, 9.17) is 28.9 Å². The van der Waals surface area contributed by atoms with E-state index in [9.17, 15) is 0 Å². The van der Waals surface area contributed by atoms with Crippen molar-refractivity contribution >= 4 is 23.2 Å². The highest BCUT2D eigenvalue weighted by molar-refractivity contribution is 6.34. The number of hydrogen-bond donors (Lipinski definition) is 1. The van der Waals surface area contributed by atoms with Crippen LogP contribution >= 0.6 is 23.2 Å². The van der Waals surface area contributed by atoms with Crippen LogP contribution in [0.15, 0.2) is 12.3 Å². The summed E-state index contributed by atoms with van der Waals surface area (Å²) in [4.78, 5) is 4.24. The Kier molecular flexibility index (Phi) is 2.69. The molecule has 14 heavy (non-hydrogen) atoms. The van der Waals surface area contributed by atoms with Gasteiger partial charge in [-0.2, -0.15) is 0 Å². The highest BCUT2D eigenvalue weighted by Gasteiger charge is 2.34. The number of nitrogens with two attached hydrogens (primary N) is 1. The van der Waals surface area contributed by atoms with Crippen molar-refractivity contribution in [3.63, 3.8) is 0 Å². The van der Waals surface area contributed by atoms with E-state index in [2.05, 4.69) is 4.98 Å². The first-order chi connectivity index (χ1) is 6.62. The zero-order valence-corrected chi connectivity index (χ0v) is 9.28. The summed E-state index contributed by atoms with van der Waals surface area (Å²) in [5, 5.41) is 1.14. The second-order valence-corrected chi connectivity index (χ2v) is 4.69. The molecule has 1 aliphatic carbocycles. The molecule has 0 atom stereocenters. The Balaban J connectivity index is 2.40. The smallest absolute Gasteiger partial charge is 0.0789 e. The molecule has 1 saturated carbocycles. The normalized spacial score (nSPS) is 19.9. The molecule has 76 valence electrons. The summed E-state index contributed by atoms with van der Waals surface area (Å²) in [6, 6.07) is 1.71. The van der Waals surface area contributed by atoms with Crippen LogP contribution in [0.4, 0.5) is 0 Å². The van der Waals surface area contributed by atoms with Gasteiger partial charge in [-0.25, -0.2) is 0 Å². The molecule has 0 amide bonds. The average molecular weight is 231 g/mol. The Morgan fingerprint density at radius 2 is 1.93 bits per heavy atom. The zero-order valence-electron chi connectivity index (χ0n) is 7.76. The lowest BCUT2D eigenvalue weighted by molar-refractivity contribution is 0.447. The molecular weight excluding hydrogens is 219 g/mol. The number of pyridine rings is 1. The fourth-order valence-electron chi connectivity index (χ4n) is 2.02. The standard InChI is InChI=1S/C10H12Cl2N2/c11-7-5-8(12)9(14-6-7)10(13)3-1-2-4-10/h5-6H,1-4,13H2. The largest absolute Gasteiger partial charge is 0.320 e. The number of nitrogens with zero attached hydrogens (tertiary/aromatic N) is 1. The Labute approximate surface area is 93.4 Å². The van der Waals surface area contributed by atoms with Gasteiger partial charge in [0.1, 0.15) is 0 Å². The molecule has 2 nitrogen and oxygen atoms in total. The molecule has 0 bridgehead atoms. The third-order valence-corrected chi connectivity index (χ3v) is 3.27. The van der Waals surface area contributed by atoms with Crippen LogP contribution in [-0.2, 0) is 5.54 Å². The van der Waals surface area contributed by atoms with E-state index in [1.807, 2.05) is 0 Å². The lowest BCUT2D eigenvalue weighted by atomic mass is 9.94. The monoisotopic (exact) mass is 230 g/mol. The van der Waals surface area contributed by atoms with Crippen LogP contribution in [-0.4, -0.2) is 4.98 Å². The van der Waals surface area contributed by atoms with Crippen molar-refractivity contribution in [2.45, 2.75) is 31.2 Å². The molecule has 0 aromatic carbocycles. The van der Waals surface area contributed by atoms with E-state index >= 15 is 0 Å².